The number of fused-ring (bicyclic) bond motifs is 1. The van der Waals surface area contributed by atoms with Crippen LogP contribution >= 0.6 is 24.2 Å². The van der Waals surface area contributed by atoms with E-state index >= 15 is 0 Å². The fourth-order valence-corrected chi connectivity index (χ4v) is 5.08. The van der Waals surface area contributed by atoms with Crippen molar-refractivity contribution in [3.05, 3.63) is 52.8 Å². The number of aromatic nitrogens is 1. The van der Waals surface area contributed by atoms with E-state index in [2.05, 4.69) is 21.3 Å². The molecule has 180 valence electrons. The molecule has 0 bridgehead atoms. The van der Waals surface area contributed by atoms with Crippen LogP contribution in [0.5, 0.6) is 0 Å². The summed E-state index contributed by atoms with van der Waals surface area (Å²) in [5.41, 5.74) is 5.30. The van der Waals surface area contributed by atoms with Crippen molar-refractivity contribution in [1.82, 2.24) is 14.8 Å². The molecular formula is C24H27ClN4O4S. The summed E-state index contributed by atoms with van der Waals surface area (Å²) in [4.78, 5) is 43.3. The first-order valence-electron chi connectivity index (χ1n) is 11.2. The number of aromatic amines is 1. The molecule has 34 heavy (non-hydrogen) atoms. The number of morpholine rings is 1. The maximum atomic E-state index is 12.6. The van der Waals surface area contributed by atoms with Gasteiger partial charge in [0, 0.05) is 49.3 Å². The van der Waals surface area contributed by atoms with E-state index in [4.69, 9.17) is 4.74 Å². The Kier molecular flexibility index (Phi) is 7.77. The number of hydrogen-bond acceptors (Lipinski definition) is 6. The predicted molar refractivity (Wildman–Crippen MR) is 135 cm³/mol. The lowest BCUT2D eigenvalue weighted by Gasteiger charge is -2.26. The van der Waals surface area contributed by atoms with Crippen LogP contribution in [0, 0.1) is 0 Å². The van der Waals surface area contributed by atoms with E-state index in [1.165, 1.54) is 10.5 Å². The van der Waals surface area contributed by atoms with Gasteiger partial charge in [0.2, 0.25) is 5.91 Å². The molecule has 0 atom stereocenters. The van der Waals surface area contributed by atoms with E-state index in [-0.39, 0.29) is 35.2 Å². The van der Waals surface area contributed by atoms with Crippen LogP contribution in [0.3, 0.4) is 0 Å². The van der Waals surface area contributed by atoms with E-state index in [1.807, 2.05) is 30.5 Å². The van der Waals surface area contributed by atoms with E-state index in [0.717, 1.165) is 73.5 Å². The van der Waals surface area contributed by atoms with Crippen molar-refractivity contribution in [2.75, 3.05) is 50.5 Å². The highest BCUT2D eigenvalue weighted by molar-refractivity contribution is 8.14. The van der Waals surface area contributed by atoms with Crippen molar-refractivity contribution in [3.63, 3.8) is 0 Å². The van der Waals surface area contributed by atoms with Crippen LogP contribution in [0.2, 0.25) is 0 Å². The summed E-state index contributed by atoms with van der Waals surface area (Å²) in [5, 5.41) is 2.73. The van der Waals surface area contributed by atoms with Crippen molar-refractivity contribution in [3.8, 4) is 0 Å². The van der Waals surface area contributed by atoms with Gasteiger partial charge in [-0.15, -0.1) is 12.4 Å². The van der Waals surface area contributed by atoms with Crippen LogP contribution in [0.1, 0.15) is 22.4 Å². The monoisotopic (exact) mass is 502 g/mol. The van der Waals surface area contributed by atoms with E-state index < -0.39 is 0 Å². The summed E-state index contributed by atoms with van der Waals surface area (Å²) in [5.74, 6) is -0.0495. The number of carbonyl (C=O) groups excluding carboxylic acids is 3. The van der Waals surface area contributed by atoms with Gasteiger partial charge in [-0.3, -0.25) is 24.2 Å². The average Bonchev–Trinajstić information content (AvgIpc) is 3.50. The number of hydrogen-bond donors (Lipinski definition) is 2. The van der Waals surface area contributed by atoms with Crippen molar-refractivity contribution < 1.29 is 19.1 Å². The number of thioether (sulfide) groups is 1. The number of halogens is 1. The molecular weight excluding hydrogens is 476 g/mol. The summed E-state index contributed by atoms with van der Waals surface area (Å²) < 4.78 is 5.40. The molecule has 0 aliphatic carbocycles. The van der Waals surface area contributed by atoms with Crippen LogP contribution in [0.25, 0.3) is 11.6 Å². The minimum atomic E-state index is -0.185. The molecule has 2 aromatic rings. The first-order valence-corrected chi connectivity index (χ1v) is 12.2. The summed E-state index contributed by atoms with van der Waals surface area (Å²) in [6, 6.07) is 7.87. The number of nitrogens with zero attached hydrogens (tertiary/aromatic N) is 2. The van der Waals surface area contributed by atoms with Crippen molar-refractivity contribution in [1.29, 1.82) is 0 Å². The maximum absolute atomic E-state index is 12.6. The standard InChI is InChI=1S/C24H26N4O4S.ClH/c29-22-15-33-24(31)28(22)6-4-16-1-2-21-19(12-16)20(23(30)26-21)13-18-11-17(14-25-18)3-5-27-7-9-32-10-8-27;/h1-2,11-14,25H,3-10,15H2,(H,26,30);1H. The highest BCUT2D eigenvalue weighted by atomic mass is 35.5. The van der Waals surface area contributed by atoms with E-state index in [1.54, 1.807) is 0 Å². The topological polar surface area (TPSA) is 94.7 Å². The molecule has 0 spiro atoms. The molecule has 8 nitrogen and oxygen atoms in total. The van der Waals surface area contributed by atoms with Gasteiger partial charge in [-0.25, -0.2) is 0 Å². The molecule has 2 N–H and O–H groups in total. The number of ether oxygens (including phenoxy) is 1. The second-order valence-corrected chi connectivity index (χ2v) is 9.34. The molecule has 2 saturated heterocycles. The molecule has 4 heterocycles. The molecule has 3 aliphatic heterocycles. The normalized spacial score (nSPS) is 19.5. The van der Waals surface area contributed by atoms with Crippen LogP contribution in [-0.4, -0.2) is 77.0 Å². The first-order chi connectivity index (χ1) is 16.1. The van der Waals surface area contributed by atoms with Crippen LogP contribution in [-0.2, 0) is 27.2 Å². The lowest BCUT2D eigenvalue weighted by Crippen LogP contribution is -2.37. The lowest BCUT2D eigenvalue weighted by atomic mass is 10.0. The summed E-state index contributed by atoms with van der Waals surface area (Å²) in [6.07, 6.45) is 5.38. The second kappa shape index (κ2) is 10.8. The molecule has 1 aromatic heterocycles. The molecule has 0 radical (unpaired) electrons. The Labute approximate surface area is 208 Å². The molecule has 3 aliphatic rings. The molecule has 10 heteroatoms. The number of amides is 3. The summed E-state index contributed by atoms with van der Waals surface area (Å²) >= 11 is 1.05. The predicted octanol–water partition coefficient (Wildman–Crippen LogP) is 3.04. The Balaban J connectivity index is 0.00000274. The third-order valence-corrected chi connectivity index (χ3v) is 7.08. The second-order valence-electron chi connectivity index (χ2n) is 8.41. The summed E-state index contributed by atoms with van der Waals surface area (Å²) in [7, 11) is 0. The minimum absolute atomic E-state index is 0. The van der Waals surface area contributed by atoms with Gasteiger partial charge in [0.15, 0.2) is 0 Å². The Hall–Kier alpha value is -2.59. The third kappa shape index (κ3) is 5.38. The Morgan fingerprint density at radius 3 is 2.59 bits per heavy atom. The molecule has 2 fully saturated rings. The highest BCUT2D eigenvalue weighted by Crippen LogP contribution is 2.34. The number of anilines is 1. The fourth-order valence-electron chi connectivity index (χ4n) is 4.33. The molecule has 5 rings (SSSR count). The smallest absolute Gasteiger partial charge is 0.288 e. The Bertz CT molecular complexity index is 1110. The molecule has 1 aromatic carbocycles. The zero-order chi connectivity index (χ0) is 22.8. The van der Waals surface area contributed by atoms with Gasteiger partial charge in [0.1, 0.15) is 0 Å². The first kappa shape index (κ1) is 24.5. The quantitative estimate of drug-likeness (QED) is 0.565. The van der Waals surface area contributed by atoms with Crippen molar-refractivity contribution in [2.24, 2.45) is 0 Å². The van der Waals surface area contributed by atoms with Crippen molar-refractivity contribution in [2.45, 2.75) is 12.8 Å². The maximum Gasteiger partial charge on any atom is 0.288 e. The van der Waals surface area contributed by atoms with Gasteiger partial charge in [0.05, 0.1) is 24.5 Å². The van der Waals surface area contributed by atoms with Gasteiger partial charge >= 0.3 is 0 Å². The number of rotatable bonds is 7. The lowest BCUT2D eigenvalue weighted by molar-refractivity contribution is -0.124. The zero-order valence-electron chi connectivity index (χ0n) is 18.7. The molecule has 3 amide bonds. The number of H-pyrrole nitrogens is 1. The zero-order valence-corrected chi connectivity index (χ0v) is 20.3. The Morgan fingerprint density at radius 2 is 1.82 bits per heavy atom. The van der Waals surface area contributed by atoms with Gasteiger partial charge in [-0.1, -0.05) is 17.8 Å². The van der Waals surface area contributed by atoms with E-state index in [9.17, 15) is 14.4 Å². The van der Waals surface area contributed by atoms with Crippen LogP contribution in [0.15, 0.2) is 30.5 Å². The minimum Gasteiger partial charge on any atom is -0.379 e. The number of benzene rings is 1. The number of nitrogens with one attached hydrogen (secondary N) is 2. The molecule has 0 unspecified atom stereocenters. The molecule has 0 saturated carbocycles. The SMILES string of the molecule is Cl.O=C1Nc2ccc(CCN3C(=O)CSC3=O)cc2C1=Cc1cc(CCN2CCOCC2)c[nH]1. The average molecular weight is 503 g/mol. The highest BCUT2D eigenvalue weighted by Gasteiger charge is 2.30. The number of carbonyl (C=O) groups is 3. The summed E-state index contributed by atoms with van der Waals surface area (Å²) in [6.45, 7) is 4.88. The van der Waals surface area contributed by atoms with E-state index in [0.29, 0.717) is 18.5 Å². The fraction of sp³-hybridized carbons (Fsp3) is 0.375. The van der Waals surface area contributed by atoms with Gasteiger partial charge in [-0.2, -0.15) is 0 Å². The number of imide groups is 1. The van der Waals surface area contributed by atoms with Gasteiger partial charge < -0.3 is 15.0 Å². The Morgan fingerprint density at radius 1 is 1.03 bits per heavy atom. The van der Waals surface area contributed by atoms with Crippen LogP contribution < -0.4 is 5.32 Å². The van der Waals surface area contributed by atoms with Gasteiger partial charge in [-0.05, 0) is 48.2 Å². The van der Waals surface area contributed by atoms with Crippen LogP contribution in [0.4, 0.5) is 10.5 Å². The van der Waals surface area contributed by atoms with Gasteiger partial charge in [0.25, 0.3) is 11.1 Å². The largest absolute Gasteiger partial charge is 0.379 e. The third-order valence-electron chi connectivity index (χ3n) is 6.22. The van der Waals surface area contributed by atoms with Crippen molar-refractivity contribution >= 4 is 58.6 Å².